The van der Waals surface area contributed by atoms with Gasteiger partial charge in [0.15, 0.2) is 0 Å². The maximum atomic E-state index is 14.0. The van der Waals surface area contributed by atoms with E-state index in [9.17, 15) is 14.4 Å². The molecular weight excluding hydrogens is 438 g/mol. The number of carbonyl (C=O) groups excluding carboxylic acids is 3. The number of rotatable bonds is 1. The summed E-state index contributed by atoms with van der Waals surface area (Å²) in [6, 6.07) is 18.8. The van der Waals surface area contributed by atoms with Crippen LogP contribution in [0.4, 0.5) is 11.4 Å². The number of nitrogens with zero attached hydrogens (tertiary/aromatic N) is 1. The molecule has 3 saturated heterocycles. The van der Waals surface area contributed by atoms with Gasteiger partial charge in [0.25, 0.3) is 5.91 Å². The van der Waals surface area contributed by atoms with Gasteiger partial charge in [-0.15, -0.1) is 0 Å². The molecule has 4 aliphatic rings. The fourth-order valence-corrected chi connectivity index (χ4v) is 7.17. The van der Waals surface area contributed by atoms with E-state index in [1.165, 1.54) is 4.90 Å². The van der Waals surface area contributed by atoms with Crippen molar-refractivity contribution in [2.75, 3.05) is 16.8 Å². The molecule has 0 aromatic heterocycles. The molecule has 164 valence electrons. The molecule has 0 aliphatic carbocycles. The summed E-state index contributed by atoms with van der Waals surface area (Å²) in [6.45, 7) is 0.758. The fraction of sp³-hybridized carbons (Fsp3) is 0.269. The Balaban J connectivity index is 1.42. The van der Waals surface area contributed by atoms with Crippen molar-refractivity contribution in [3.63, 3.8) is 0 Å². The van der Waals surface area contributed by atoms with Crippen LogP contribution in [0.3, 0.4) is 0 Å². The van der Waals surface area contributed by atoms with Crippen molar-refractivity contribution >= 4 is 51.5 Å². The SMILES string of the molecule is O=C1[C@H]2[C@H]3CCC[NH+]3[C@@]3(C(=O)Nc4ccc(Cl)cc43)[C@@H]2C(=O)N1c1ccc2ccccc2c1. The zero-order chi connectivity index (χ0) is 22.5. The fourth-order valence-electron chi connectivity index (χ4n) is 7.00. The average molecular weight is 459 g/mol. The number of fused-ring (bicyclic) bond motifs is 8. The Morgan fingerprint density at radius 3 is 2.64 bits per heavy atom. The van der Waals surface area contributed by atoms with Crippen LogP contribution in [0.5, 0.6) is 0 Å². The van der Waals surface area contributed by atoms with E-state index >= 15 is 0 Å². The topological polar surface area (TPSA) is 70.9 Å². The van der Waals surface area contributed by atoms with Crippen molar-refractivity contribution in [2.45, 2.75) is 24.4 Å². The van der Waals surface area contributed by atoms with Gasteiger partial charge in [0, 0.05) is 23.4 Å². The van der Waals surface area contributed by atoms with Gasteiger partial charge in [-0.05, 0) is 41.1 Å². The second-order valence-electron chi connectivity index (χ2n) is 9.52. The summed E-state index contributed by atoms with van der Waals surface area (Å²) in [4.78, 5) is 43.9. The van der Waals surface area contributed by atoms with Crippen molar-refractivity contribution in [3.05, 3.63) is 71.2 Å². The molecule has 0 bridgehead atoms. The van der Waals surface area contributed by atoms with E-state index in [-0.39, 0.29) is 23.8 Å². The second-order valence-corrected chi connectivity index (χ2v) is 9.96. The lowest BCUT2D eigenvalue weighted by molar-refractivity contribution is -0.948. The third-order valence-corrected chi connectivity index (χ3v) is 8.41. The van der Waals surface area contributed by atoms with Gasteiger partial charge in [-0.2, -0.15) is 0 Å². The Kier molecular flexibility index (Phi) is 3.75. The Hall–Kier alpha value is -3.22. The van der Waals surface area contributed by atoms with E-state index in [1.807, 2.05) is 42.5 Å². The van der Waals surface area contributed by atoms with Crippen LogP contribution >= 0.6 is 11.6 Å². The predicted molar refractivity (Wildman–Crippen MR) is 124 cm³/mol. The molecule has 1 spiro atoms. The number of imide groups is 1. The van der Waals surface area contributed by atoms with Crippen molar-refractivity contribution < 1.29 is 19.3 Å². The average Bonchev–Trinajstić information content (AvgIpc) is 3.52. The highest BCUT2D eigenvalue weighted by Crippen LogP contribution is 2.52. The predicted octanol–water partition coefficient (Wildman–Crippen LogP) is 2.51. The molecule has 6 nitrogen and oxygen atoms in total. The van der Waals surface area contributed by atoms with Gasteiger partial charge >= 0.3 is 0 Å². The summed E-state index contributed by atoms with van der Waals surface area (Å²) in [6.07, 6.45) is 1.75. The minimum Gasteiger partial charge on any atom is -0.320 e. The number of quaternary nitrogens is 1. The highest BCUT2D eigenvalue weighted by molar-refractivity contribution is 6.31. The largest absolute Gasteiger partial charge is 0.320 e. The summed E-state index contributed by atoms with van der Waals surface area (Å²) >= 11 is 6.35. The first-order valence-electron chi connectivity index (χ1n) is 11.4. The first kappa shape index (κ1) is 19.3. The van der Waals surface area contributed by atoms with Crippen LogP contribution < -0.4 is 15.1 Å². The first-order valence-corrected chi connectivity index (χ1v) is 11.7. The molecule has 4 aliphatic heterocycles. The van der Waals surface area contributed by atoms with Crippen molar-refractivity contribution in [1.29, 1.82) is 0 Å². The Morgan fingerprint density at radius 1 is 0.970 bits per heavy atom. The van der Waals surface area contributed by atoms with E-state index in [0.29, 0.717) is 16.4 Å². The van der Waals surface area contributed by atoms with Crippen LogP contribution in [0.2, 0.25) is 5.02 Å². The van der Waals surface area contributed by atoms with Gasteiger partial charge in [-0.1, -0.05) is 41.9 Å². The number of carbonyl (C=O) groups is 3. The normalized spacial score (nSPS) is 31.9. The van der Waals surface area contributed by atoms with Gasteiger partial charge in [0.05, 0.1) is 17.9 Å². The third-order valence-electron chi connectivity index (χ3n) is 8.17. The summed E-state index contributed by atoms with van der Waals surface area (Å²) in [7, 11) is 0. The smallest absolute Gasteiger partial charge is 0.291 e. The van der Waals surface area contributed by atoms with Crippen LogP contribution in [0.15, 0.2) is 60.7 Å². The molecule has 2 N–H and O–H groups in total. The molecule has 3 fully saturated rings. The molecule has 1 unspecified atom stereocenters. The molecule has 3 amide bonds. The quantitative estimate of drug-likeness (QED) is 0.550. The van der Waals surface area contributed by atoms with Gasteiger partial charge < -0.3 is 10.2 Å². The molecule has 7 rings (SSSR count). The number of anilines is 2. The second kappa shape index (κ2) is 6.43. The maximum Gasteiger partial charge on any atom is 0.291 e. The molecule has 4 heterocycles. The van der Waals surface area contributed by atoms with Gasteiger partial charge in [-0.3, -0.25) is 14.4 Å². The number of nitrogens with one attached hydrogen (secondary N) is 2. The van der Waals surface area contributed by atoms with Crippen LogP contribution in [-0.4, -0.2) is 30.3 Å². The summed E-state index contributed by atoms with van der Waals surface area (Å²) in [5, 5.41) is 5.52. The van der Waals surface area contributed by atoms with E-state index in [2.05, 4.69) is 5.32 Å². The zero-order valence-corrected chi connectivity index (χ0v) is 18.4. The van der Waals surface area contributed by atoms with Gasteiger partial charge in [0.2, 0.25) is 17.4 Å². The van der Waals surface area contributed by atoms with E-state index < -0.39 is 17.4 Å². The molecule has 3 aromatic carbocycles. The minimum atomic E-state index is -1.12. The first-order chi connectivity index (χ1) is 16.0. The van der Waals surface area contributed by atoms with E-state index in [1.54, 1.807) is 18.2 Å². The highest BCUT2D eigenvalue weighted by Gasteiger charge is 2.78. The monoisotopic (exact) mass is 458 g/mol. The Bertz CT molecular complexity index is 1400. The standard InChI is InChI=1S/C26H20ClN3O3/c27-16-8-10-19-18(13-16)26(25(33)28-19)22-21(20-6-3-11-29(20)26)23(31)30(24(22)32)17-9-7-14-4-1-2-5-15(14)12-17/h1-2,4-5,7-10,12-13,20-22H,3,6,11H2,(H,28,33)/p+1/t20-,21+,22+,26-/m1/s1. The summed E-state index contributed by atoms with van der Waals surface area (Å²) < 4.78 is 0. The lowest BCUT2D eigenvalue weighted by Gasteiger charge is -2.33. The minimum absolute atomic E-state index is 0.0624. The zero-order valence-electron chi connectivity index (χ0n) is 17.7. The van der Waals surface area contributed by atoms with Gasteiger partial charge in [0.1, 0.15) is 17.9 Å². The van der Waals surface area contributed by atoms with Crippen molar-refractivity contribution in [1.82, 2.24) is 0 Å². The highest BCUT2D eigenvalue weighted by atomic mass is 35.5. The molecule has 7 heteroatoms. The number of amides is 3. The van der Waals surface area contributed by atoms with Gasteiger partial charge in [-0.25, -0.2) is 4.90 Å². The molecule has 33 heavy (non-hydrogen) atoms. The van der Waals surface area contributed by atoms with Crippen molar-refractivity contribution in [2.24, 2.45) is 11.8 Å². The Labute approximate surface area is 195 Å². The molecule has 0 saturated carbocycles. The number of benzene rings is 3. The summed E-state index contributed by atoms with van der Waals surface area (Å²) in [5.74, 6) is -1.93. The lowest BCUT2D eigenvalue weighted by atomic mass is 9.75. The van der Waals surface area contributed by atoms with Crippen LogP contribution in [0.1, 0.15) is 18.4 Å². The lowest BCUT2D eigenvalue weighted by Crippen LogP contribution is -3.19. The van der Waals surface area contributed by atoms with Crippen LogP contribution in [-0.2, 0) is 19.9 Å². The van der Waals surface area contributed by atoms with E-state index in [4.69, 9.17) is 11.6 Å². The van der Waals surface area contributed by atoms with Crippen molar-refractivity contribution in [3.8, 4) is 0 Å². The molecule has 3 aromatic rings. The number of hydrogen-bond acceptors (Lipinski definition) is 3. The maximum absolute atomic E-state index is 14.0. The number of hydrogen-bond donors (Lipinski definition) is 2. The van der Waals surface area contributed by atoms with Crippen LogP contribution in [0.25, 0.3) is 10.8 Å². The molecular formula is C26H21ClN3O3+. The molecule has 5 atom stereocenters. The molecule has 0 radical (unpaired) electrons. The van der Waals surface area contributed by atoms with E-state index in [0.717, 1.165) is 40.6 Å². The third kappa shape index (κ3) is 2.25. The Morgan fingerprint density at radius 2 is 1.79 bits per heavy atom. The number of halogens is 1. The van der Waals surface area contributed by atoms with Crippen LogP contribution in [0, 0.1) is 11.8 Å². The summed E-state index contributed by atoms with van der Waals surface area (Å²) in [5.41, 5.74) is 0.880.